The Hall–Kier alpha value is -1.91. The molecule has 1 aliphatic carbocycles. The van der Waals surface area contributed by atoms with E-state index < -0.39 is 5.41 Å². The molecule has 2 fully saturated rings. The molecule has 2 amide bonds. The summed E-state index contributed by atoms with van der Waals surface area (Å²) in [5.41, 5.74) is 0.166. The zero-order valence-corrected chi connectivity index (χ0v) is 13.3. The van der Waals surface area contributed by atoms with E-state index in [-0.39, 0.29) is 17.6 Å². The second kappa shape index (κ2) is 6.69. The van der Waals surface area contributed by atoms with Crippen LogP contribution < -0.4 is 5.32 Å². The molecule has 0 unspecified atom stereocenters. The molecule has 1 N–H and O–H groups in total. The van der Waals surface area contributed by atoms with E-state index in [2.05, 4.69) is 5.32 Å². The normalized spacial score (nSPS) is 19.3. The van der Waals surface area contributed by atoms with Gasteiger partial charge >= 0.3 is 0 Å². The molecule has 5 heteroatoms. The van der Waals surface area contributed by atoms with Crippen LogP contribution in [0.2, 0.25) is 0 Å². The number of amides is 2. The average molecular weight is 318 g/mol. The van der Waals surface area contributed by atoms with Crippen molar-refractivity contribution in [3.63, 3.8) is 0 Å². The van der Waals surface area contributed by atoms with Gasteiger partial charge in [-0.25, -0.2) is 4.39 Å². The highest BCUT2D eigenvalue weighted by Crippen LogP contribution is 2.47. The summed E-state index contributed by atoms with van der Waals surface area (Å²) in [6, 6.07) is 6.26. The Kier molecular flexibility index (Phi) is 4.64. The van der Waals surface area contributed by atoms with Crippen LogP contribution in [0.5, 0.6) is 0 Å². The number of rotatable bonds is 5. The Morgan fingerprint density at radius 3 is 2.35 bits per heavy atom. The van der Waals surface area contributed by atoms with Gasteiger partial charge in [0.1, 0.15) is 11.2 Å². The van der Waals surface area contributed by atoms with E-state index in [1.165, 1.54) is 18.6 Å². The van der Waals surface area contributed by atoms with E-state index in [9.17, 15) is 14.0 Å². The summed E-state index contributed by atoms with van der Waals surface area (Å²) in [4.78, 5) is 26.9. The first kappa shape index (κ1) is 16.0. The fourth-order valence-electron chi connectivity index (χ4n) is 3.20. The standard InChI is InChI=1S/C18H23FN2O2/c19-15-6-4-14(5-7-15)8-11-20-16(22)18(9-10-18)17(23)21-12-2-1-3-13-21/h4-7H,1-3,8-13H2,(H,20,22). The van der Waals surface area contributed by atoms with Crippen molar-refractivity contribution in [3.8, 4) is 0 Å². The van der Waals surface area contributed by atoms with Crippen molar-refractivity contribution in [2.75, 3.05) is 19.6 Å². The van der Waals surface area contributed by atoms with Crippen LogP contribution in [-0.2, 0) is 16.0 Å². The van der Waals surface area contributed by atoms with Crippen LogP contribution in [0, 0.1) is 11.2 Å². The number of hydrogen-bond acceptors (Lipinski definition) is 2. The number of benzene rings is 1. The van der Waals surface area contributed by atoms with Gasteiger partial charge in [-0.3, -0.25) is 9.59 Å². The van der Waals surface area contributed by atoms with Gasteiger partial charge in [0.2, 0.25) is 11.8 Å². The van der Waals surface area contributed by atoms with Gasteiger partial charge in [-0.2, -0.15) is 0 Å². The zero-order chi connectivity index (χ0) is 16.3. The summed E-state index contributed by atoms with van der Waals surface area (Å²) in [7, 11) is 0. The minimum atomic E-state index is -0.805. The molecular weight excluding hydrogens is 295 g/mol. The maximum atomic E-state index is 12.9. The lowest BCUT2D eigenvalue weighted by molar-refractivity contribution is -0.144. The number of piperidine rings is 1. The number of hydrogen-bond donors (Lipinski definition) is 1. The first-order chi connectivity index (χ1) is 11.1. The number of nitrogens with one attached hydrogen (secondary N) is 1. The molecule has 1 saturated carbocycles. The van der Waals surface area contributed by atoms with E-state index >= 15 is 0 Å². The second-order valence-electron chi connectivity index (χ2n) is 6.57. The van der Waals surface area contributed by atoms with Crippen molar-refractivity contribution >= 4 is 11.8 Å². The minimum Gasteiger partial charge on any atom is -0.355 e. The Labute approximate surface area is 136 Å². The highest BCUT2D eigenvalue weighted by molar-refractivity contribution is 6.07. The molecule has 2 aliphatic rings. The molecule has 1 aliphatic heterocycles. The first-order valence-corrected chi connectivity index (χ1v) is 8.44. The number of carbonyl (C=O) groups is 2. The summed E-state index contributed by atoms with van der Waals surface area (Å²) < 4.78 is 12.9. The molecule has 4 nitrogen and oxygen atoms in total. The molecule has 1 heterocycles. The summed E-state index contributed by atoms with van der Waals surface area (Å²) >= 11 is 0. The Bertz CT molecular complexity index is 575. The third kappa shape index (κ3) is 3.54. The number of likely N-dealkylation sites (tertiary alicyclic amines) is 1. The summed E-state index contributed by atoms with van der Waals surface area (Å²) in [5, 5.41) is 2.89. The molecule has 0 spiro atoms. The predicted molar refractivity (Wildman–Crippen MR) is 85.2 cm³/mol. The Morgan fingerprint density at radius 1 is 1.09 bits per heavy atom. The second-order valence-corrected chi connectivity index (χ2v) is 6.57. The molecular formula is C18H23FN2O2. The van der Waals surface area contributed by atoms with Gasteiger partial charge in [-0.15, -0.1) is 0 Å². The van der Waals surface area contributed by atoms with Crippen LogP contribution >= 0.6 is 0 Å². The molecule has 1 saturated heterocycles. The molecule has 3 rings (SSSR count). The fourth-order valence-corrected chi connectivity index (χ4v) is 3.20. The van der Waals surface area contributed by atoms with Crippen LogP contribution in [0.15, 0.2) is 24.3 Å². The average Bonchev–Trinajstić information content (AvgIpc) is 3.38. The highest BCUT2D eigenvalue weighted by Gasteiger charge is 2.57. The lowest BCUT2D eigenvalue weighted by Crippen LogP contribution is -2.47. The van der Waals surface area contributed by atoms with Gasteiger partial charge < -0.3 is 10.2 Å². The van der Waals surface area contributed by atoms with Gasteiger partial charge in [0.25, 0.3) is 0 Å². The van der Waals surface area contributed by atoms with Gasteiger partial charge in [0.15, 0.2) is 0 Å². The van der Waals surface area contributed by atoms with E-state index in [1.807, 2.05) is 4.90 Å². The Balaban J connectivity index is 1.51. The number of halogens is 1. The summed E-state index contributed by atoms with van der Waals surface area (Å²) in [6.07, 6.45) is 5.19. The zero-order valence-electron chi connectivity index (χ0n) is 13.3. The molecule has 124 valence electrons. The Morgan fingerprint density at radius 2 is 1.74 bits per heavy atom. The SMILES string of the molecule is O=C(NCCc1ccc(F)cc1)C1(C(=O)N2CCCCC2)CC1. The summed E-state index contributed by atoms with van der Waals surface area (Å²) in [6.45, 7) is 2.03. The lowest BCUT2D eigenvalue weighted by atomic mass is 10.0. The van der Waals surface area contributed by atoms with Crippen molar-refractivity contribution in [2.45, 2.75) is 38.5 Å². The fraction of sp³-hybridized carbons (Fsp3) is 0.556. The number of carbonyl (C=O) groups excluding carboxylic acids is 2. The molecule has 0 atom stereocenters. The van der Waals surface area contributed by atoms with Crippen molar-refractivity contribution < 1.29 is 14.0 Å². The van der Waals surface area contributed by atoms with E-state index in [4.69, 9.17) is 0 Å². The van der Waals surface area contributed by atoms with Crippen LogP contribution in [0.1, 0.15) is 37.7 Å². The third-order valence-corrected chi connectivity index (χ3v) is 4.85. The molecule has 1 aromatic carbocycles. The van der Waals surface area contributed by atoms with Gasteiger partial charge in [-0.05, 0) is 56.2 Å². The topological polar surface area (TPSA) is 49.4 Å². The van der Waals surface area contributed by atoms with E-state index in [1.54, 1.807) is 12.1 Å². The summed E-state index contributed by atoms with van der Waals surface area (Å²) in [5.74, 6) is -0.395. The van der Waals surface area contributed by atoms with E-state index in [0.29, 0.717) is 25.8 Å². The van der Waals surface area contributed by atoms with Crippen molar-refractivity contribution in [1.29, 1.82) is 0 Å². The molecule has 0 radical (unpaired) electrons. The lowest BCUT2D eigenvalue weighted by Gasteiger charge is -2.30. The van der Waals surface area contributed by atoms with Crippen LogP contribution in [-0.4, -0.2) is 36.3 Å². The van der Waals surface area contributed by atoms with Crippen LogP contribution in [0.3, 0.4) is 0 Å². The van der Waals surface area contributed by atoms with Gasteiger partial charge in [-0.1, -0.05) is 12.1 Å². The minimum absolute atomic E-state index is 0.0106. The predicted octanol–water partition coefficient (Wildman–Crippen LogP) is 2.28. The number of nitrogens with zero attached hydrogens (tertiary/aromatic N) is 1. The van der Waals surface area contributed by atoms with Crippen molar-refractivity contribution in [3.05, 3.63) is 35.6 Å². The van der Waals surface area contributed by atoms with Crippen molar-refractivity contribution in [2.24, 2.45) is 5.41 Å². The van der Waals surface area contributed by atoms with Gasteiger partial charge in [0.05, 0.1) is 0 Å². The molecule has 0 aromatic heterocycles. The van der Waals surface area contributed by atoms with Crippen molar-refractivity contribution in [1.82, 2.24) is 10.2 Å². The highest BCUT2D eigenvalue weighted by atomic mass is 19.1. The quantitative estimate of drug-likeness (QED) is 0.847. The smallest absolute Gasteiger partial charge is 0.238 e. The molecule has 0 bridgehead atoms. The first-order valence-electron chi connectivity index (χ1n) is 8.44. The maximum absolute atomic E-state index is 12.9. The van der Waals surface area contributed by atoms with Crippen LogP contribution in [0.25, 0.3) is 0 Å². The van der Waals surface area contributed by atoms with Crippen LogP contribution in [0.4, 0.5) is 4.39 Å². The molecule has 23 heavy (non-hydrogen) atoms. The monoisotopic (exact) mass is 318 g/mol. The molecule has 1 aromatic rings. The maximum Gasteiger partial charge on any atom is 0.238 e. The largest absolute Gasteiger partial charge is 0.355 e. The van der Waals surface area contributed by atoms with Gasteiger partial charge in [0, 0.05) is 19.6 Å². The third-order valence-electron chi connectivity index (χ3n) is 4.85. The van der Waals surface area contributed by atoms with E-state index in [0.717, 1.165) is 31.5 Å².